The van der Waals surface area contributed by atoms with Gasteiger partial charge in [0.2, 0.25) is 0 Å². The summed E-state index contributed by atoms with van der Waals surface area (Å²) < 4.78 is 1.85. The highest BCUT2D eigenvalue weighted by Crippen LogP contribution is 2.14. The number of aromatic nitrogens is 2. The van der Waals surface area contributed by atoms with Crippen LogP contribution >= 0.6 is 0 Å². The summed E-state index contributed by atoms with van der Waals surface area (Å²) in [5, 5.41) is 0. The molecular weight excluding hydrogens is 140 g/mol. The van der Waals surface area contributed by atoms with Crippen molar-refractivity contribution in [2.75, 3.05) is 0 Å². The molecule has 60 valence electrons. The third kappa shape index (κ3) is 1.48. The van der Waals surface area contributed by atoms with Gasteiger partial charge < -0.3 is 4.57 Å². The Hall–Kier alpha value is -1.12. The van der Waals surface area contributed by atoms with E-state index >= 15 is 0 Å². The molecule has 0 unspecified atom stereocenters. The minimum atomic E-state index is -0.0628. The van der Waals surface area contributed by atoms with E-state index in [1.165, 1.54) is 0 Å². The molecule has 0 N–H and O–H groups in total. The zero-order valence-electron chi connectivity index (χ0n) is 7.03. The molecule has 1 aromatic rings. The summed E-state index contributed by atoms with van der Waals surface area (Å²) >= 11 is 0. The monoisotopic (exact) mass is 152 g/mol. The maximum atomic E-state index is 10.5. The second kappa shape index (κ2) is 2.49. The molecule has 0 aliphatic rings. The van der Waals surface area contributed by atoms with Crippen molar-refractivity contribution in [3.05, 3.63) is 18.2 Å². The molecule has 0 aliphatic heterocycles. The fraction of sp³-hybridized carbons (Fsp3) is 0.500. The second-order valence-corrected chi connectivity index (χ2v) is 3.44. The number of carbonyl (C=O) groups excluding carboxylic acids is 1. The Labute approximate surface area is 66.1 Å². The summed E-state index contributed by atoms with van der Waals surface area (Å²) in [4.78, 5) is 14.3. The van der Waals surface area contributed by atoms with E-state index < -0.39 is 0 Å². The minimum absolute atomic E-state index is 0.0628. The number of hydrogen-bond acceptors (Lipinski definition) is 2. The maximum absolute atomic E-state index is 10.5. The van der Waals surface area contributed by atoms with E-state index in [1.807, 2.05) is 31.5 Å². The predicted molar refractivity (Wildman–Crippen MR) is 42.6 cm³/mol. The molecule has 11 heavy (non-hydrogen) atoms. The van der Waals surface area contributed by atoms with Crippen molar-refractivity contribution >= 4 is 6.29 Å². The highest BCUT2D eigenvalue weighted by Gasteiger charge is 2.15. The van der Waals surface area contributed by atoms with Gasteiger partial charge >= 0.3 is 0 Å². The lowest BCUT2D eigenvalue weighted by atomic mass is 10.1. The van der Waals surface area contributed by atoms with Crippen LogP contribution in [-0.2, 0) is 5.54 Å². The van der Waals surface area contributed by atoms with Gasteiger partial charge in [0.1, 0.15) is 0 Å². The largest absolute Gasteiger partial charge is 0.323 e. The standard InChI is InChI=1S/C8H12N2O/c1-8(2,3)10-5-4-9-7(10)6-11/h4-6H,1-3H3. The Bertz CT molecular complexity index is 257. The minimum Gasteiger partial charge on any atom is -0.323 e. The van der Waals surface area contributed by atoms with Crippen LogP contribution in [0.4, 0.5) is 0 Å². The smallest absolute Gasteiger partial charge is 0.185 e. The zero-order chi connectivity index (χ0) is 8.48. The molecule has 0 aliphatic carbocycles. The molecule has 1 rings (SSSR count). The molecule has 0 bridgehead atoms. The maximum Gasteiger partial charge on any atom is 0.185 e. The fourth-order valence-corrected chi connectivity index (χ4v) is 0.969. The molecule has 0 aromatic carbocycles. The van der Waals surface area contributed by atoms with Gasteiger partial charge in [0.05, 0.1) is 0 Å². The van der Waals surface area contributed by atoms with Crippen LogP contribution in [0.5, 0.6) is 0 Å². The summed E-state index contributed by atoms with van der Waals surface area (Å²) in [6.45, 7) is 6.09. The molecule has 0 spiro atoms. The first-order valence-electron chi connectivity index (χ1n) is 3.54. The Morgan fingerprint density at radius 3 is 2.55 bits per heavy atom. The summed E-state index contributed by atoms with van der Waals surface area (Å²) in [6.07, 6.45) is 4.21. The van der Waals surface area contributed by atoms with E-state index in [2.05, 4.69) is 4.98 Å². The first kappa shape index (κ1) is 7.98. The average Bonchev–Trinajstić information content (AvgIpc) is 2.31. The highest BCUT2D eigenvalue weighted by molar-refractivity contribution is 5.69. The third-order valence-electron chi connectivity index (χ3n) is 1.50. The van der Waals surface area contributed by atoms with Crippen molar-refractivity contribution in [3.63, 3.8) is 0 Å². The van der Waals surface area contributed by atoms with Gasteiger partial charge in [-0.2, -0.15) is 0 Å². The predicted octanol–water partition coefficient (Wildman–Crippen LogP) is 1.45. The topological polar surface area (TPSA) is 34.9 Å². The molecule has 0 saturated carbocycles. The van der Waals surface area contributed by atoms with Crippen LogP contribution < -0.4 is 0 Å². The number of aldehydes is 1. The summed E-state index contributed by atoms with van der Waals surface area (Å²) in [6, 6.07) is 0. The van der Waals surface area contributed by atoms with E-state index in [-0.39, 0.29) is 5.54 Å². The summed E-state index contributed by atoms with van der Waals surface area (Å²) in [7, 11) is 0. The molecule has 3 heteroatoms. The number of imidazole rings is 1. The molecule has 0 radical (unpaired) electrons. The van der Waals surface area contributed by atoms with Crippen LogP contribution in [0, 0.1) is 0 Å². The van der Waals surface area contributed by atoms with E-state index in [0.717, 1.165) is 6.29 Å². The molecule has 0 atom stereocenters. The summed E-state index contributed by atoms with van der Waals surface area (Å²) in [5.41, 5.74) is -0.0628. The highest BCUT2D eigenvalue weighted by atomic mass is 16.1. The van der Waals surface area contributed by atoms with Crippen molar-refractivity contribution in [3.8, 4) is 0 Å². The molecule has 1 heterocycles. The van der Waals surface area contributed by atoms with Gasteiger partial charge in [0.25, 0.3) is 0 Å². The normalized spacial score (nSPS) is 11.5. The van der Waals surface area contributed by atoms with Crippen LogP contribution in [-0.4, -0.2) is 15.8 Å². The van der Waals surface area contributed by atoms with Crippen molar-refractivity contribution < 1.29 is 4.79 Å². The Morgan fingerprint density at radius 1 is 1.55 bits per heavy atom. The van der Waals surface area contributed by atoms with Gasteiger partial charge in [0.15, 0.2) is 12.1 Å². The van der Waals surface area contributed by atoms with Crippen LogP contribution in [0.2, 0.25) is 0 Å². The Morgan fingerprint density at radius 2 is 2.18 bits per heavy atom. The van der Waals surface area contributed by atoms with Crippen molar-refractivity contribution in [2.24, 2.45) is 0 Å². The van der Waals surface area contributed by atoms with Gasteiger partial charge in [-0.25, -0.2) is 4.98 Å². The van der Waals surface area contributed by atoms with Gasteiger partial charge in [-0.15, -0.1) is 0 Å². The van der Waals surface area contributed by atoms with E-state index in [0.29, 0.717) is 5.82 Å². The van der Waals surface area contributed by atoms with Crippen LogP contribution in [0.15, 0.2) is 12.4 Å². The second-order valence-electron chi connectivity index (χ2n) is 3.44. The number of nitrogens with zero attached hydrogens (tertiary/aromatic N) is 2. The molecule has 1 aromatic heterocycles. The molecule has 3 nitrogen and oxygen atoms in total. The van der Waals surface area contributed by atoms with Crippen molar-refractivity contribution in [1.29, 1.82) is 0 Å². The van der Waals surface area contributed by atoms with E-state index in [1.54, 1.807) is 6.20 Å². The molecule has 0 fully saturated rings. The number of carbonyl (C=O) groups is 1. The first-order valence-corrected chi connectivity index (χ1v) is 3.54. The van der Waals surface area contributed by atoms with Gasteiger partial charge in [0, 0.05) is 17.9 Å². The molecular formula is C8H12N2O. The van der Waals surface area contributed by atoms with Crippen LogP contribution in [0.1, 0.15) is 31.4 Å². The van der Waals surface area contributed by atoms with Gasteiger partial charge in [-0.1, -0.05) is 0 Å². The molecule has 0 saturated heterocycles. The van der Waals surface area contributed by atoms with Gasteiger partial charge in [-0.3, -0.25) is 4.79 Å². The van der Waals surface area contributed by atoms with E-state index in [9.17, 15) is 4.79 Å². The van der Waals surface area contributed by atoms with Crippen molar-refractivity contribution in [1.82, 2.24) is 9.55 Å². The Balaban J connectivity index is 3.12. The quantitative estimate of drug-likeness (QED) is 0.571. The number of rotatable bonds is 1. The SMILES string of the molecule is CC(C)(C)n1ccnc1C=O. The van der Waals surface area contributed by atoms with Crippen molar-refractivity contribution in [2.45, 2.75) is 26.3 Å². The number of hydrogen-bond donors (Lipinski definition) is 0. The van der Waals surface area contributed by atoms with E-state index in [4.69, 9.17) is 0 Å². The lowest BCUT2D eigenvalue weighted by Gasteiger charge is -2.21. The summed E-state index contributed by atoms with van der Waals surface area (Å²) in [5.74, 6) is 0.484. The average molecular weight is 152 g/mol. The van der Waals surface area contributed by atoms with Crippen LogP contribution in [0.3, 0.4) is 0 Å². The van der Waals surface area contributed by atoms with Gasteiger partial charge in [-0.05, 0) is 20.8 Å². The Kier molecular flexibility index (Phi) is 1.81. The zero-order valence-corrected chi connectivity index (χ0v) is 7.03. The van der Waals surface area contributed by atoms with Crippen LogP contribution in [0.25, 0.3) is 0 Å². The fourth-order valence-electron chi connectivity index (χ4n) is 0.969. The lowest BCUT2D eigenvalue weighted by molar-refractivity contribution is 0.110. The third-order valence-corrected chi connectivity index (χ3v) is 1.50. The first-order chi connectivity index (χ1) is 5.05. The lowest BCUT2D eigenvalue weighted by Crippen LogP contribution is -2.23. The molecule has 0 amide bonds.